The van der Waals surface area contributed by atoms with Crippen LogP contribution in [0.2, 0.25) is 0 Å². The van der Waals surface area contributed by atoms with Crippen LogP contribution in [-0.4, -0.2) is 37.6 Å². The Hall–Kier alpha value is -0.340. The zero-order valence-electron chi connectivity index (χ0n) is 11.4. The molecule has 0 saturated carbocycles. The first-order valence-electron chi connectivity index (χ1n) is 7.44. The molecular weight excluding hydrogens is 208 g/mol. The number of nitrogens with one attached hydrogen (secondary N) is 1. The molecule has 0 spiro atoms. The van der Waals surface area contributed by atoms with Crippen LogP contribution in [0.4, 0.5) is 0 Å². The summed E-state index contributed by atoms with van der Waals surface area (Å²) < 4.78 is 0. The van der Waals surface area contributed by atoms with E-state index in [0.29, 0.717) is 0 Å². The zero-order valence-corrected chi connectivity index (χ0v) is 11.4. The second kappa shape index (κ2) is 7.17. The van der Waals surface area contributed by atoms with Gasteiger partial charge in [0.25, 0.3) is 0 Å². The minimum atomic E-state index is 0.768. The molecule has 2 heteroatoms. The van der Waals surface area contributed by atoms with Crippen molar-refractivity contribution in [3.63, 3.8) is 0 Å². The Labute approximate surface area is 106 Å². The predicted molar refractivity (Wildman–Crippen MR) is 74.3 cm³/mol. The van der Waals surface area contributed by atoms with Crippen LogP contribution >= 0.6 is 0 Å². The summed E-state index contributed by atoms with van der Waals surface area (Å²) >= 11 is 0. The molecule has 2 aliphatic rings. The van der Waals surface area contributed by atoms with Gasteiger partial charge in [0, 0.05) is 6.04 Å². The monoisotopic (exact) mass is 236 g/mol. The highest BCUT2D eigenvalue weighted by atomic mass is 15.1. The van der Waals surface area contributed by atoms with E-state index >= 15 is 0 Å². The first-order chi connectivity index (χ1) is 8.34. The topological polar surface area (TPSA) is 15.3 Å². The molecule has 1 heterocycles. The van der Waals surface area contributed by atoms with Crippen LogP contribution in [0, 0.1) is 0 Å². The molecule has 0 amide bonds. The lowest BCUT2D eigenvalue weighted by Crippen LogP contribution is -2.31. The Bertz CT molecular complexity index is 247. The number of hydrogen-bond donors (Lipinski definition) is 1. The van der Waals surface area contributed by atoms with Crippen molar-refractivity contribution in [2.45, 2.75) is 57.4 Å². The van der Waals surface area contributed by atoms with Crippen molar-refractivity contribution in [2.75, 3.05) is 26.7 Å². The van der Waals surface area contributed by atoms with Crippen molar-refractivity contribution in [3.8, 4) is 0 Å². The molecule has 2 rings (SSSR count). The molecule has 1 atom stereocenters. The predicted octanol–water partition coefficient (Wildman–Crippen LogP) is 2.95. The van der Waals surface area contributed by atoms with Gasteiger partial charge in [-0.2, -0.15) is 0 Å². The molecule has 1 fully saturated rings. The molecule has 1 saturated heterocycles. The molecule has 1 aliphatic carbocycles. The molecule has 0 bridgehead atoms. The molecule has 17 heavy (non-hydrogen) atoms. The van der Waals surface area contributed by atoms with Gasteiger partial charge in [-0.1, -0.05) is 11.6 Å². The van der Waals surface area contributed by atoms with Gasteiger partial charge in [-0.05, 0) is 78.0 Å². The highest BCUT2D eigenvalue weighted by Gasteiger charge is 2.14. The summed E-state index contributed by atoms with van der Waals surface area (Å²) in [4.78, 5) is 2.46. The van der Waals surface area contributed by atoms with E-state index in [2.05, 4.69) is 23.3 Å². The van der Waals surface area contributed by atoms with E-state index in [9.17, 15) is 0 Å². The lowest BCUT2D eigenvalue weighted by Gasteiger charge is -2.18. The van der Waals surface area contributed by atoms with Gasteiger partial charge < -0.3 is 10.2 Å². The number of hydrogen-bond acceptors (Lipinski definition) is 2. The second-order valence-corrected chi connectivity index (χ2v) is 5.74. The first-order valence-corrected chi connectivity index (χ1v) is 7.44. The fourth-order valence-electron chi connectivity index (χ4n) is 3.01. The summed E-state index contributed by atoms with van der Waals surface area (Å²) in [5, 5.41) is 3.76. The molecule has 1 aliphatic heterocycles. The van der Waals surface area contributed by atoms with Gasteiger partial charge in [-0.25, -0.2) is 0 Å². The van der Waals surface area contributed by atoms with Crippen LogP contribution in [-0.2, 0) is 0 Å². The van der Waals surface area contributed by atoms with Crippen molar-refractivity contribution in [2.24, 2.45) is 0 Å². The number of nitrogens with zero attached hydrogens (tertiary/aromatic N) is 1. The van der Waals surface area contributed by atoms with Gasteiger partial charge in [0.15, 0.2) is 0 Å². The quantitative estimate of drug-likeness (QED) is 0.755. The normalized spacial score (nSPS) is 27.6. The third kappa shape index (κ3) is 4.81. The Morgan fingerprint density at radius 1 is 1.24 bits per heavy atom. The molecule has 0 radical (unpaired) electrons. The van der Waals surface area contributed by atoms with Crippen LogP contribution in [0.5, 0.6) is 0 Å². The second-order valence-electron chi connectivity index (χ2n) is 5.74. The van der Waals surface area contributed by atoms with Crippen molar-refractivity contribution in [1.82, 2.24) is 10.2 Å². The third-order valence-electron chi connectivity index (χ3n) is 4.22. The van der Waals surface area contributed by atoms with Gasteiger partial charge in [0.05, 0.1) is 0 Å². The minimum absolute atomic E-state index is 0.768. The third-order valence-corrected chi connectivity index (χ3v) is 4.22. The van der Waals surface area contributed by atoms with Crippen molar-refractivity contribution in [3.05, 3.63) is 11.6 Å². The zero-order chi connectivity index (χ0) is 11.9. The van der Waals surface area contributed by atoms with Gasteiger partial charge in [0.1, 0.15) is 0 Å². The lowest BCUT2D eigenvalue weighted by atomic mass is 9.97. The van der Waals surface area contributed by atoms with E-state index in [0.717, 1.165) is 6.04 Å². The summed E-state index contributed by atoms with van der Waals surface area (Å²) in [7, 11) is 2.25. The van der Waals surface area contributed by atoms with E-state index in [1.165, 1.54) is 71.0 Å². The highest BCUT2D eigenvalue weighted by Crippen LogP contribution is 2.19. The SMILES string of the molecule is CN1CCCC(NCCC2=CCCCC2)CC1. The molecule has 0 aromatic rings. The Balaban J connectivity index is 1.62. The largest absolute Gasteiger partial charge is 0.314 e. The van der Waals surface area contributed by atoms with Crippen LogP contribution in [0.3, 0.4) is 0 Å². The van der Waals surface area contributed by atoms with E-state index in [4.69, 9.17) is 0 Å². The van der Waals surface area contributed by atoms with E-state index in [1.54, 1.807) is 5.57 Å². The van der Waals surface area contributed by atoms with Crippen LogP contribution < -0.4 is 5.32 Å². The van der Waals surface area contributed by atoms with Gasteiger partial charge in [-0.3, -0.25) is 0 Å². The number of rotatable bonds is 4. The summed E-state index contributed by atoms with van der Waals surface area (Å²) in [6.07, 6.45) is 13.3. The van der Waals surface area contributed by atoms with Crippen LogP contribution in [0.15, 0.2) is 11.6 Å². The highest BCUT2D eigenvalue weighted by molar-refractivity contribution is 5.05. The maximum atomic E-state index is 3.76. The van der Waals surface area contributed by atoms with Crippen molar-refractivity contribution < 1.29 is 0 Å². The molecule has 0 aromatic carbocycles. The minimum Gasteiger partial charge on any atom is -0.314 e. The van der Waals surface area contributed by atoms with Crippen molar-refractivity contribution >= 4 is 0 Å². The molecule has 1 unspecified atom stereocenters. The Morgan fingerprint density at radius 2 is 2.18 bits per heavy atom. The average Bonchev–Trinajstić information content (AvgIpc) is 2.56. The average molecular weight is 236 g/mol. The molecular formula is C15H28N2. The summed E-state index contributed by atoms with van der Waals surface area (Å²) in [5.74, 6) is 0. The maximum absolute atomic E-state index is 3.76. The Kier molecular flexibility index (Phi) is 5.53. The summed E-state index contributed by atoms with van der Waals surface area (Å²) in [6.45, 7) is 3.74. The number of allylic oxidation sites excluding steroid dienone is 1. The first kappa shape index (κ1) is 13.1. The Morgan fingerprint density at radius 3 is 3.00 bits per heavy atom. The molecule has 1 N–H and O–H groups in total. The van der Waals surface area contributed by atoms with Crippen LogP contribution in [0.1, 0.15) is 51.4 Å². The standard InChI is InChI=1S/C15H28N2/c1-17-12-5-8-15(10-13-17)16-11-9-14-6-3-2-4-7-14/h6,15-16H,2-5,7-13H2,1H3. The van der Waals surface area contributed by atoms with Gasteiger partial charge in [-0.15, -0.1) is 0 Å². The van der Waals surface area contributed by atoms with E-state index in [1.807, 2.05) is 0 Å². The van der Waals surface area contributed by atoms with Crippen LogP contribution in [0.25, 0.3) is 0 Å². The number of likely N-dealkylation sites (tertiary alicyclic amines) is 1. The fourth-order valence-corrected chi connectivity index (χ4v) is 3.01. The summed E-state index contributed by atoms with van der Waals surface area (Å²) in [5.41, 5.74) is 1.70. The fraction of sp³-hybridized carbons (Fsp3) is 0.867. The van der Waals surface area contributed by atoms with Gasteiger partial charge >= 0.3 is 0 Å². The van der Waals surface area contributed by atoms with Crippen molar-refractivity contribution in [1.29, 1.82) is 0 Å². The molecule has 98 valence electrons. The van der Waals surface area contributed by atoms with E-state index in [-0.39, 0.29) is 0 Å². The smallest absolute Gasteiger partial charge is 0.00798 e. The molecule has 2 nitrogen and oxygen atoms in total. The summed E-state index contributed by atoms with van der Waals surface area (Å²) in [6, 6.07) is 0.768. The molecule has 0 aromatic heterocycles. The van der Waals surface area contributed by atoms with E-state index < -0.39 is 0 Å². The van der Waals surface area contributed by atoms with Gasteiger partial charge in [0.2, 0.25) is 0 Å². The maximum Gasteiger partial charge on any atom is 0.00798 e. The lowest BCUT2D eigenvalue weighted by molar-refractivity contribution is 0.344.